The van der Waals surface area contributed by atoms with Gasteiger partial charge >= 0.3 is 11.7 Å². The Kier molecular flexibility index (Phi) is 14.3. The maximum absolute atomic E-state index is 12.0. The van der Waals surface area contributed by atoms with Gasteiger partial charge in [-0.25, -0.2) is 9.78 Å². The Morgan fingerprint density at radius 2 is 1.64 bits per heavy atom. The van der Waals surface area contributed by atoms with Crippen molar-refractivity contribution in [3.63, 3.8) is 0 Å². The van der Waals surface area contributed by atoms with Crippen molar-refractivity contribution in [3.05, 3.63) is 29.0 Å². The molecule has 0 radical (unpaired) electrons. The zero-order valence-electron chi connectivity index (χ0n) is 21.6. The molecular formula is C26H44N4O6. The zero-order chi connectivity index (χ0) is 26.2. The van der Waals surface area contributed by atoms with E-state index in [4.69, 9.17) is 15.2 Å². The number of esters is 1. The van der Waals surface area contributed by atoms with E-state index in [1.54, 1.807) is 0 Å². The van der Waals surface area contributed by atoms with Crippen LogP contribution in [0, 0.1) is 0 Å². The number of unbranched alkanes of at least 4 members (excludes halogenated alkanes) is 11. The number of carbonyl (C=O) groups excluding carboxylic acids is 1. The van der Waals surface area contributed by atoms with E-state index in [0.717, 1.165) is 43.0 Å². The number of aliphatic hydroxyl groups is 2. The van der Waals surface area contributed by atoms with E-state index in [1.165, 1.54) is 51.4 Å². The molecular weight excluding hydrogens is 464 g/mol. The maximum Gasteiger partial charge on any atom is 0.354 e. The Bertz CT molecular complexity index is 846. The van der Waals surface area contributed by atoms with Gasteiger partial charge in [0.2, 0.25) is 5.95 Å². The van der Waals surface area contributed by atoms with Crippen molar-refractivity contribution in [1.29, 1.82) is 0 Å². The number of nitrogen functional groups attached to an aromatic ring is 1. The van der Waals surface area contributed by atoms with E-state index in [2.05, 4.69) is 29.0 Å². The Labute approximate surface area is 213 Å². The molecule has 4 N–H and O–H groups in total. The van der Waals surface area contributed by atoms with Crippen molar-refractivity contribution in [2.75, 3.05) is 12.3 Å². The molecule has 4 atom stereocenters. The van der Waals surface area contributed by atoms with Crippen molar-refractivity contribution in [3.8, 4) is 0 Å². The van der Waals surface area contributed by atoms with E-state index in [9.17, 15) is 19.8 Å². The standard InChI is InChI=1S/C26H44N4O6/c1-2-3-4-5-6-7-8-9-10-11-12-13-14-15-16-17-21(31)35-18-20-22(32)23(33)24(36-20)30-19-28-25(27)29-26(30)34/h9-10,19-20,22-24,32-33H,2-8,11-18H2,1H3,(H2,27,29,34)/b10-9+/t20-,22-,23-,24-/m1/s1. The highest BCUT2D eigenvalue weighted by Gasteiger charge is 2.44. The van der Waals surface area contributed by atoms with E-state index < -0.39 is 30.2 Å². The predicted octanol–water partition coefficient (Wildman–Crippen LogP) is 3.42. The second-order valence-electron chi connectivity index (χ2n) is 9.47. The number of carbonyl (C=O) groups is 1. The Morgan fingerprint density at radius 3 is 2.28 bits per heavy atom. The molecule has 2 heterocycles. The summed E-state index contributed by atoms with van der Waals surface area (Å²) in [4.78, 5) is 31.2. The lowest BCUT2D eigenvalue weighted by molar-refractivity contribution is -0.150. The summed E-state index contributed by atoms with van der Waals surface area (Å²) in [6.45, 7) is 2.02. The van der Waals surface area contributed by atoms with Crippen molar-refractivity contribution < 1.29 is 24.5 Å². The van der Waals surface area contributed by atoms with Crippen LogP contribution >= 0.6 is 0 Å². The van der Waals surface area contributed by atoms with Crippen LogP contribution in [0.5, 0.6) is 0 Å². The largest absolute Gasteiger partial charge is 0.463 e. The minimum Gasteiger partial charge on any atom is -0.463 e. The SMILES string of the molecule is CCCCCCCC/C=C/CCCCCCCC(=O)OC[C@H]1O[C@@H](n2cnc(N)nc2=O)[C@H](O)[C@@H]1O. The van der Waals surface area contributed by atoms with Crippen LogP contribution in [0.1, 0.15) is 103 Å². The normalized spacial score (nSPS) is 21.9. The summed E-state index contributed by atoms with van der Waals surface area (Å²) >= 11 is 0. The van der Waals surface area contributed by atoms with Gasteiger partial charge in [-0.1, -0.05) is 70.4 Å². The van der Waals surface area contributed by atoms with Crippen LogP contribution in [0.25, 0.3) is 0 Å². The van der Waals surface area contributed by atoms with Crippen LogP contribution in [0.3, 0.4) is 0 Å². The molecule has 0 spiro atoms. The summed E-state index contributed by atoms with van der Waals surface area (Å²) in [5, 5.41) is 20.4. The number of anilines is 1. The number of nitrogens with two attached hydrogens (primary N) is 1. The lowest BCUT2D eigenvalue weighted by atomic mass is 10.1. The van der Waals surface area contributed by atoms with Crippen molar-refractivity contribution in [2.45, 2.75) is 121 Å². The third-order valence-electron chi connectivity index (χ3n) is 6.41. The third kappa shape index (κ3) is 10.8. The molecule has 1 aromatic heterocycles. The molecule has 1 saturated heterocycles. The highest BCUT2D eigenvalue weighted by atomic mass is 16.6. The summed E-state index contributed by atoms with van der Waals surface area (Å²) in [6, 6.07) is 0. The van der Waals surface area contributed by atoms with Crippen LogP contribution in [0.2, 0.25) is 0 Å². The second-order valence-corrected chi connectivity index (χ2v) is 9.47. The van der Waals surface area contributed by atoms with Gasteiger partial charge in [-0.15, -0.1) is 0 Å². The number of allylic oxidation sites excluding steroid dienone is 2. The minimum atomic E-state index is -1.40. The van der Waals surface area contributed by atoms with Gasteiger partial charge in [-0.2, -0.15) is 4.98 Å². The summed E-state index contributed by atoms with van der Waals surface area (Å²) in [7, 11) is 0. The fraction of sp³-hybridized carbons (Fsp3) is 0.769. The average molecular weight is 509 g/mol. The van der Waals surface area contributed by atoms with E-state index in [0.29, 0.717) is 0 Å². The Hall–Kier alpha value is -2.30. The molecule has 0 saturated carbocycles. The minimum absolute atomic E-state index is 0.203. The van der Waals surface area contributed by atoms with Crippen molar-refractivity contribution >= 4 is 11.9 Å². The summed E-state index contributed by atoms with van der Waals surface area (Å²) in [5.41, 5.74) is 4.60. The van der Waals surface area contributed by atoms with Gasteiger partial charge in [-0.05, 0) is 32.1 Å². The maximum atomic E-state index is 12.0. The average Bonchev–Trinajstić information content (AvgIpc) is 3.13. The number of hydrogen-bond donors (Lipinski definition) is 3. The Morgan fingerprint density at radius 1 is 1.03 bits per heavy atom. The molecule has 0 amide bonds. The number of aromatic nitrogens is 3. The second kappa shape index (κ2) is 17.2. The number of nitrogens with zero attached hydrogens (tertiary/aromatic N) is 3. The van der Waals surface area contributed by atoms with E-state index in [-0.39, 0.29) is 24.9 Å². The fourth-order valence-corrected chi connectivity index (χ4v) is 4.21. The molecule has 1 aliphatic heterocycles. The lowest BCUT2D eigenvalue weighted by Crippen LogP contribution is -2.36. The van der Waals surface area contributed by atoms with Gasteiger partial charge in [-0.3, -0.25) is 9.36 Å². The molecule has 0 bridgehead atoms. The zero-order valence-corrected chi connectivity index (χ0v) is 21.6. The van der Waals surface area contributed by atoms with Gasteiger partial charge in [0.05, 0.1) is 0 Å². The van der Waals surface area contributed by atoms with E-state index >= 15 is 0 Å². The van der Waals surface area contributed by atoms with Crippen LogP contribution in [-0.2, 0) is 14.3 Å². The van der Waals surface area contributed by atoms with Crippen LogP contribution in [0.15, 0.2) is 23.3 Å². The van der Waals surface area contributed by atoms with Crippen LogP contribution in [-0.4, -0.2) is 55.6 Å². The predicted molar refractivity (Wildman–Crippen MR) is 137 cm³/mol. The van der Waals surface area contributed by atoms with Gasteiger partial charge in [0.25, 0.3) is 0 Å². The first kappa shape index (κ1) is 29.9. The topological polar surface area (TPSA) is 150 Å². The molecule has 10 nitrogen and oxygen atoms in total. The smallest absolute Gasteiger partial charge is 0.354 e. The molecule has 0 aliphatic carbocycles. The molecule has 0 unspecified atom stereocenters. The third-order valence-corrected chi connectivity index (χ3v) is 6.41. The first-order valence-electron chi connectivity index (χ1n) is 13.5. The molecule has 36 heavy (non-hydrogen) atoms. The van der Waals surface area contributed by atoms with E-state index in [1.807, 2.05) is 0 Å². The first-order valence-corrected chi connectivity index (χ1v) is 13.5. The first-order chi connectivity index (χ1) is 17.4. The molecule has 1 aromatic rings. The monoisotopic (exact) mass is 508 g/mol. The Balaban J connectivity index is 1.50. The summed E-state index contributed by atoms with van der Waals surface area (Å²) in [6.07, 6.45) is 16.5. The van der Waals surface area contributed by atoms with Crippen molar-refractivity contribution in [2.24, 2.45) is 0 Å². The fourth-order valence-electron chi connectivity index (χ4n) is 4.21. The van der Waals surface area contributed by atoms with Crippen molar-refractivity contribution in [1.82, 2.24) is 14.5 Å². The molecule has 10 heteroatoms. The number of rotatable bonds is 18. The number of aliphatic hydroxyl groups excluding tert-OH is 2. The van der Waals surface area contributed by atoms with Gasteiger partial charge in [0.1, 0.15) is 31.2 Å². The molecule has 1 aliphatic rings. The highest BCUT2D eigenvalue weighted by Crippen LogP contribution is 2.28. The number of hydrogen-bond acceptors (Lipinski definition) is 9. The quantitative estimate of drug-likeness (QED) is 0.154. The van der Waals surface area contributed by atoms with Crippen LogP contribution < -0.4 is 11.4 Å². The molecule has 1 fully saturated rings. The van der Waals surface area contributed by atoms with Crippen LogP contribution in [0.4, 0.5) is 5.95 Å². The number of ether oxygens (including phenoxy) is 2. The molecule has 204 valence electrons. The van der Waals surface area contributed by atoms with Gasteiger partial charge < -0.3 is 25.4 Å². The summed E-state index contributed by atoms with van der Waals surface area (Å²) < 4.78 is 11.7. The highest BCUT2D eigenvalue weighted by molar-refractivity contribution is 5.69. The molecule has 0 aromatic carbocycles. The summed E-state index contributed by atoms with van der Waals surface area (Å²) in [5.74, 6) is -0.584. The van der Waals surface area contributed by atoms with Gasteiger partial charge in [0.15, 0.2) is 6.23 Å². The van der Waals surface area contributed by atoms with Gasteiger partial charge in [0, 0.05) is 6.42 Å². The molecule has 2 rings (SSSR count). The lowest BCUT2D eigenvalue weighted by Gasteiger charge is -2.16.